The zero-order valence-electron chi connectivity index (χ0n) is 66.5. The Bertz CT molecular complexity index is 1970. The van der Waals surface area contributed by atoms with Crippen molar-refractivity contribution in [2.24, 2.45) is 23.7 Å². The number of hydrogen-bond donors (Lipinski definition) is 3. The van der Waals surface area contributed by atoms with Gasteiger partial charge in [-0.15, -0.1) is 0 Å². The van der Waals surface area contributed by atoms with Crippen LogP contribution >= 0.6 is 15.6 Å². The first-order valence-corrected chi connectivity index (χ1v) is 45.2. The Balaban J connectivity index is 5.25. The third kappa shape index (κ3) is 76.1. The van der Waals surface area contributed by atoms with Gasteiger partial charge in [0.1, 0.15) is 19.3 Å². The number of phosphoric acid groups is 2. The predicted octanol–water partition coefficient (Wildman–Crippen LogP) is 24.4. The molecule has 0 amide bonds. The van der Waals surface area contributed by atoms with Crippen LogP contribution in [0.5, 0.6) is 0 Å². The van der Waals surface area contributed by atoms with E-state index in [9.17, 15) is 43.2 Å². The Hall–Kier alpha value is -1.94. The highest BCUT2D eigenvalue weighted by molar-refractivity contribution is 7.47. The van der Waals surface area contributed by atoms with Crippen molar-refractivity contribution in [1.29, 1.82) is 0 Å². The molecule has 0 saturated heterocycles. The van der Waals surface area contributed by atoms with Gasteiger partial charge < -0.3 is 33.8 Å². The fourth-order valence-electron chi connectivity index (χ4n) is 12.6. The SMILES string of the molecule is CC(C)CCCCCCCCCCCCCCCCCCC(=O)O[C@H](COC(=O)CCCCCCCCCCCCCCCCC(C)C)COP(=O)(O)OC[C@@H](O)COP(=O)(O)OC[C@@H](COC(=O)CCCCCCCCCCC(C)C)OC(=O)CCCCCCCCCCCCCC(C)C. The fraction of sp³-hybridized carbons (Fsp3) is 0.951. The molecule has 101 heavy (non-hydrogen) atoms. The van der Waals surface area contributed by atoms with Crippen LogP contribution in [0.15, 0.2) is 0 Å². The van der Waals surface area contributed by atoms with Crippen molar-refractivity contribution in [3.05, 3.63) is 0 Å². The van der Waals surface area contributed by atoms with Crippen molar-refractivity contribution >= 4 is 39.5 Å². The molecule has 2 unspecified atom stereocenters. The van der Waals surface area contributed by atoms with Gasteiger partial charge in [0.05, 0.1) is 26.4 Å². The van der Waals surface area contributed by atoms with Crippen molar-refractivity contribution in [1.82, 2.24) is 0 Å². The number of ether oxygens (including phenoxy) is 4. The van der Waals surface area contributed by atoms with Crippen molar-refractivity contribution in [3.8, 4) is 0 Å². The quantitative estimate of drug-likeness (QED) is 0.0222. The van der Waals surface area contributed by atoms with E-state index in [1.807, 2.05) is 0 Å². The number of phosphoric ester groups is 2. The molecule has 17 nitrogen and oxygen atoms in total. The summed E-state index contributed by atoms with van der Waals surface area (Å²) in [5.74, 6) is 0.988. The maximum Gasteiger partial charge on any atom is 0.472 e. The summed E-state index contributed by atoms with van der Waals surface area (Å²) in [5.41, 5.74) is 0. The standard InChI is InChI=1S/C82H160O17P2/c1-72(2)58-50-42-34-26-20-15-11-9-10-12-18-24-30-40-48-56-64-81(86)98-77(68-92-79(84)62-54-46-38-29-23-17-14-13-16-21-27-35-43-51-59-73(3)4)70-96-100(88,89)94-66-76(83)67-95-101(90,91)97-71-78(69-93-80(85)63-55-47-39-33-32-37-45-53-61-75(7)8)99-82(87)65-57-49-41-31-25-19-22-28-36-44-52-60-74(5)6/h72-78,83H,9-71H2,1-8H3,(H,88,89)(H,90,91)/t76-,77-,78-/m1/s1. The minimum absolute atomic E-state index is 0.106. The van der Waals surface area contributed by atoms with Crippen molar-refractivity contribution in [2.45, 2.75) is 440 Å². The molecule has 0 aromatic rings. The van der Waals surface area contributed by atoms with Crippen LogP contribution in [0.3, 0.4) is 0 Å². The molecular formula is C82H160O17P2. The van der Waals surface area contributed by atoms with E-state index >= 15 is 0 Å². The zero-order valence-corrected chi connectivity index (χ0v) is 68.3. The number of rotatable bonds is 79. The highest BCUT2D eigenvalue weighted by atomic mass is 31.2. The van der Waals surface area contributed by atoms with E-state index in [4.69, 9.17) is 37.0 Å². The number of aliphatic hydroxyl groups is 1. The van der Waals surface area contributed by atoms with Gasteiger partial charge in [-0.25, -0.2) is 9.13 Å². The molecule has 0 saturated carbocycles. The number of esters is 4. The van der Waals surface area contributed by atoms with Crippen LogP contribution in [-0.4, -0.2) is 96.7 Å². The van der Waals surface area contributed by atoms with E-state index in [1.54, 1.807) is 0 Å². The van der Waals surface area contributed by atoms with E-state index in [2.05, 4.69) is 55.4 Å². The lowest BCUT2D eigenvalue weighted by molar-refractivity contribution is -0.161. The molecule has 19 heteroatoms. The third-order valence-electron chi connectivity index (χ3n) is 19.1. The van der Waals surface area contributed by atoms with Gasteiger partial charge in [0.15, 0.2) is 12.2 Å². The van der Waals surface area contributed by atoms with Gasteiger partial charge in [-0.05, 0) is 49.4 Å². The van der Waals surface area contributed by atoms with E-state index in [0.717, 1.165) is 114 Å². The van der Waals surface area contributed by atoms with Gasteiger partial charge in [-0.3, -0.25) is 37.3 Å². The Morgan fingerprint density at radius 3 is 0.614 bits per heavy atom. The molecule has 0 heterocycles. The number of carbonyl (C=O) groups excluding carboxylic acids is 4. The smallest absolute Gasteiger partial charge is 0.462 e. The van der Waals surface area contributed by atoms with E-state index in [-0.39, 0.29) is 25.7 Å². The molecule has 0 aliphatic rings. The molecule has 0 aromatic carbocycles. The molecule has 0 spiro atoms. The molecule has 0 fully saturated rings. The Labute approximate surface area is 619 Å². The lowest BCUT2D eigenvalue weighted by Crippen LogP contribution is -2.30. The van der Waals surface area contributed by atoms with Gasteiger partial charge in [-0.1, -0.05) is 370 Å². The van der Waals surface area contributed by atoms with Crippen molar-refractivity contribution < 1.29 is 80.2 Å². The van der Waals surface area contributed by atoms with Crippen LogP contribution in [-0.2, 0) is 65.4 Å². The van der Waals surface area contributed by atoms with Gasteiger partial charge in [0.2, 0.25) is 0 Å². The normalized spacial score (nSPS) is 14.0. The van der Waals surface area contributed by atoms with Crippen LogP contribution in [0.2, 0.25) is 0 Å². The Kier molecular flexibility index (Phi) is 69.6. The Morgan fingerprint density at radius 2 is 0.416 bits per heavy atom. The second-order valence-corrected chi connectivity index (χ2v) is 34.3. The summed E-state index contributed by atoms with van der Waals surface area (Å²) in [6.07, 6.45) is 58.3. The first kappa shape index (κ1) is 99.1. The molecule has 5 atom stereocenters. The molecule has 0 radical (unpaired) electrons. The van der Waals surface area contributed by atoms with Gasteiger partial charge in [0, 0.05) is 25.7 Å². The summed E-state index contributed by atoms with van der Waals surface area (Å²) in [4.78, 5) is 73.1. The molecule has 3 N–H and O–H groups in total. The summed E-state index contributed by atoms with van der Waals surface area (Å²) >= 11 is 0. The predicted molar refractivity (Wildman–Crippen MR) is 414 cm³/mol. The number of unbranched alkanes of at least 4 members (excludes halogenated alkanes) is 45. The lowest BCUT2D eigenvalue weighted by atomic mass is 10.0. The highest BCUT2D eigenvalue weighted by Crippen LogP contribution is 2.45. The van der Waals surface area contributed by atoms with Crippen LogP contribution in [0.1, 0.15) is 421 Å². The Morgan fingerprint density at radius 1 is 0.248 bits per heavy atom. The molecule has 0 bridgehead atoms. The summed E-state index contributed by atoms with van der Waals surface area (Å²) in [7, 11) is -9.92. The molecular weight excluding hydrogens is 1320 g/mol. The average Bonchev–Trinajstić information content (AvgIpc) is 0.923. The van der Waals surface area contributed by atoms with Gasteiger partial charge >= 0.3 is 39.5 Å². The monoisotopic (exact) mass is 1480 g/mol. The minimum Gasteiger partial charge on any atom is -0.462 e. The summed E-state index contributed by atoms with van der Waals surface area (Å²) in [6.45, 7) is 14.3. The molecule has 0 aliphatic carbocycles. The second kappa shape index (κ2) is 71.0. The first-order chi connectivity index (χ1) is 48.6. The second-order valence-electron chi connectivity index (χ2n) is 31.4. The number of hydrogen-bond acceptors (Lipinski definition) is 15. The number of aliphatic hydroxyl groups excluding tert-OH is 1. The van der Waals surface area contributed by atoms with Crippen LogP contribution in [0.25, 0.3) is 0 Å². The average molecular weight is 1480 g/mol. The molecule has 0 aliphatic heterocycles. The molecule has 0 aromatic heterocycles. The largest absolute Gasteiger partial charge is 0.472 e. The lowest BCUT2D eigenvalue weighted by Gasteiger charge is -2.21. The zero-order chi connectivity index (χ0) is 74.6. The highest BCUT2D eigenvalue weighted by Gasteiger charge is 2.30. The van der Waals surface area contributed by atoms with Crippen LogP contribution < -0.4 is 0 Å². The summed E-state index contributed by atoms with van der Waals surface area (Å²) in [5, 5.41) is 10.7. The van der Waals surface area contributed by atoms with E-state index in [1.165, 1.54) is 225 Å². The summed E-state index contributed by atoms with van der Waals surface area (Å²) < 4.78 is 68.8. The molecule has 600 valence electrons. The maximum atomic E-state index is 13.1. The van der Waals surface area contributed by atoms with E-state index in [0.29, 0.717) is 25.7 Å². The minimum atomic E-state index is -4.96. The van der Waals surface area contributed by atoms with E-state index < -0.39 is 97.5 Å². The summed E-state index contributed by atoms with van der Waals surface area (Å²) in [6, 6.07) is 0. The molecule has 0 rings (SSSR count). The van der Waals surface area contributed by atoms with Gasteiger partial charge in [0.25, 0.3) is 0 Å². The number of carbonyl (C=O) groups is 4. The van der Waals surface area contributed by atoms with Crippen molar-refractivity contribution in [2.75, 3.05) is 39.6 Å². The fourth-order valence-corrected chi connectivity index (χ4v) is 14.2. The maximum absolute atomic E-state index is 13.1. The van der Waals surface area contributed by atoms with Crippen molar-refractivity contribution in [3.63, 3.8) is 0 Å². The first-order valence-electron chi connectivity index (χ1n) is 42.2. The van der Waals surface area contributed by atoms with Gasteiger partial charge in [-0.2, -0.15) is 0 Å². The topological polar surface area (TPSA) is 237 Å². The van der Waals surface area contributed by atoms with Crippen LogP contribution in [0, 0.1) is 23.7 Å². The third-order valence-corrected chi connectivity index (χ3v) is 21.0. The van der Waals surface area contributed by atoms with Crippen LogP contribution in [0.4, 0.5) is 0 Å².